The van der Waals surface area contributed by atoms with E-state index in [0.29, 0.717) is 5.56 Å². The van der Waals surface area contributed by atoms with Crippen LogP contribution in [0, 0.1) is 0 Å². The van der Waals surface area contributed by atoms with Crippen LogP contribution >= 0.6 is 0 Å². The molecule has 3 unspecified atom stereocenters. The Balaban J connectivity index is 1.66. The van der Waals surface area contributed by atoms with E-state index in [0.717, 1.165) is 0 Å². The standard InChI is InChI=1S/C24H26N2O13/c27-8-17-18(29)19(30)20(31)24(39-17)38-16-6-10-5-14(23(36)37)26(13(10)7-15(16)28)2-1-9-3-11(21(32)33)25-12(4-9)22(34)35/h1-3,6-7,12,14,17-20,24,27,29-31H,4-5,8H2,(H4,28,32,33,34,35,36,37)/t12-,14-,17?,18-,19?,20?,24+/m1/s1. The molecule has 3 aliphatic rings. The summed E-state index contributed by atoms with van der Waals surface area (Å²) in [5.74, 6) is -4.86. The van der Waals surface area contributed by atoms with Gasteiger partial charge in [0.25, 0.3) is 0 Å². The van der Waals surface area contributed by atoms with Gasteiger partial charge in [0, 0.05) is 24.5 Å². The average Bonchev–Trinajstić information content (AvgIpc) is 3.24. The summed E-state index contributed by atoms with van der Waals surface area (Å²) >= 11 is 0. The number of nitrogens with one attached hydrogen (secondary N) is 1. The second-order valence-electron chi connectivity index (χ2n) is 9.20. The molecule has 3 aliphatic heterocycles. The number of carbonyl (C=O) groups excluding carboxylic acids is 1. The third-order valence-corrected chi connectivity index (χ3v) is 6.63. The molecule has 15 nitrogen and oxygen atoms in total. The molecule has 4 rings (SSSR count). The third kappa shape index (κ3) is 5.57. The van der Waals surface area contributed by atoms with Crippen LogP contribution in [0.15, 0.2) is 35.6 Å². The summed E-state index contributed by atoms with van der Waals surface area (Å²) < 4.78 is 12.0. The number of aromatic hydroxyl groups is 1. The number of allylic oxidation sites excluding steroid dienone is 2. The molecule has 15 heteroatoms. The Morgan fingerprint density at radius 1 is 1.13 bits per heavy atom. The molecule has 8 N–H and O–H groups in total. The molecule has 0 aliphatic carbocycles. The van der Waals surface area contributed by atoms with Crippen LogP contribution in [0.1, 0.15) is 12.0 Å². The molecule has 39 heavy (non-hydrogen) atoms. The summed E-state index contributed by atoms with van der Waals surface area (Å²) in [6, 6.07) is -0.00207. The van der Waals surface area contributed by atoms with E-state index in [-0.39, 0.29) is 35.5 Å². The van der Waals surface area contributed by atoms with E-state index in [1.807, 2.05) is 0 Å². The Bertz CT molecular complexity index is 1270. The van der Waals surface area contributed by atoms with Gasteiger partial charge in [-0.15, -0.1) is 0 Å². The van der Waals surface area contributed by atoms with Gasteiger partial charge in [0.2, 0.25) is 18.0 Å². The topological polar surface area (TPSA) is 249 Å². The zero-order valence-electron chi connectivity index (χ0n) is 20.1. The van der Waals surface area contributed by atoms with Gasteiger partial charge in [-0.05, 0) is 17.7 Å². The van der Waals surface area contributed by atoms with E-state index in [2.05, 4.69) is 5.32 Å². The summed E-state index contributed by atoms with van der Waals surface area (Å²) in [6.45, 7) is -0.693. The summed E-state index contributed by atoms with van der Waals surface area (Å²) in [5, 5.41) is 82.9. The number of phenolic OH excluding ortho intramolecular Hbond substituents is 1. The maximum Gasteiger partial charge on any atom is 0.351 e. The molecule has 1 aromatic carbocycles. The van der Waals surface area contributed by atoms with Crippen molar-refractivity contribution in [2.45, 2.75) is 55.6 Å². The van der Waals surface area contributed by atoms with Crippen LogP contribution in [-0.4, -0.2) is 114 Å². The molecular weight excluding hydrogens is 524 g/mol. The van der Waals surface area contributed by atoms with Crippen LogP contribution < -0.4 is 15.2 Å². The number of ether oxygens (including phenoxy) is 2. The summed E-state index contributed by atoms with van der Waals surface area (Å²) in [5.41, 5.74) is 0.535. The molecule has 7 atom stereocenters. The number of aliphatic hydroxyl groups excluding tert-OH is 4. The lowest BCUT2D eigenvalue weighted by Gasteiger charge is -2.39. The molecule has 0 amide bonds. The summed E-state index contributed by atoms with van der Waals surface area (Å²) in [6.07, 6.45) is -4.24. The Morgan fingerprint density at radius 2 is 1.85 bits per heavy atom. The number of phenols is 1. The predicted octanol–water partition coefficient (Wildman–Crippen LogP) is -3.70. The van der Waals surface area contributed by atoms with Crippen molar-refractivity contribution < 1.29 is 69.3 Å². The number of benzene rings is 1. The molecule has 210 valence electrons. The maximum atomic E-state index is 11.9. The molecule has 1 aromatic rings. The first-order valence-electron chi connectivity index (χ1n) is 11.7. The van der Waals surface area contributed by atoms with Gasteiger partial charge in [0.1, 0.15) is 42.1 Å². The van der Waals surface area contributed by atoms with Gasteiger partial charge in [0.05, 0.1) is 12.7 Å². The molecule has 3 heterocycles. The van der Waals surface area contributed by atoms with Crippen molar-refractivity contribution in [3.05, 3.63) is 41.1 Å². The number of carbonyl (C=O) groups is 3. The number of aliphatic hydroxyl groups is 4. The van der Waals surface area contributed by atoms with Gasteiger partial charge in [-0.3, -0.25) is 0 Å². The SMILES string of the molecule is O=C(O)C1=C/C(=C/C=[N+]2/c3cc(O)c(O[C@H]4OC(CO)[C@@H](O)C(O)C4O)cc3C[C@@H]2C(=O)[O-])C[C@H](C(=O)O)N1. The molecule has 0 bridgehead atoms. The second-order valence-corrected chi connectivity index (χ2v) is 9.20. The highest BCUT2D eigenvalue weighted by Gasteiger charge is 2.45. The number of nitrogens with zero attached hydrogens (tertiary/aromatic N) is 1. The minimum Gasteiger partial charge on any atom is -0.543 e. The highest BCUT2D eigenvalue weighted by Crippen LogP contribution is 2.40. The predicted molar refractivity (Wildman–Crippen MR) is 124 cm³/mol. The van der Waals surface area contributed by atoms with Gasteiger partial charge in [-0.1, -0.05) is 0 Å². The number of aliphatic carboxylic acids is 3. The van der Waals surface area contributed by atoms with E-state index in [4.69, 9.17) is 9.47 Å². The number of carboxylic acids is 3. The summed E-state index contributed by atoms with van der Waals surface area (Å²) in [4.78, 5) is 34.7. The van der Waals surface area contributed by atoms with Crippen molar-refractivity contribution >= 4 is 29.8 Å². The number of fused-ring (bicyclic) bond motifs is 1. The van der Waals surface area contributed by atoms with Crippen LogP contribution in [0.2, 0.25) is 0 Å². The molecule has 1 fully saturated rings. The number of hydrogen-bond donors (Lipinski definition) is 8. The van der Waals surface area contributed by atoms with Crippen LogP contribution in [0.5, 0.6) is 11.5 Å². The minimum atomic E-state index is -1.74. The van der Waals surface area contributed by atoms with E-state index >= 15 is 0 Å². The van der Waals surface area contributed by atoms with Crippen LogP contribution in [0.4, 0.5) is 5.69 Å². The average molecular weight is 550 g/mol. The van der Waals surface area contributed by atoms with E-state index in [1.54, 1.807) is 0 Å². The molecule has 0 spiro atoms. The van der Waals surface area contributed by atoms with Crippen LogP contribution in [0.25, 0.3) is 0 Å². The zero-order valence-corrected chi connectivity index (χ0v) is 20.1. The maximum absolute atomic E-state index is 11.9. The number of carboxylic acid groups (broad SMARTS) is 3. The van der Waals surface area contributed by atoms with E-state index < -0.39 is 73.1 Å². The normalized spacial score (nSPS) is 32.3. The lowest BCUT2D eigenvalue weighted by molar-refractivity contribution is -0.475. The Hall–Kier alpha value is -4.02. The molecule has 0 radical (unpaired) electrons. The monoisotopic (exact) mass is 550 g/mol. The molecular formula is C24H26N2O13. The fourth-order valence-corrected chi connectivity index (χ4v) is 4.57. The van der Waals surface area contributed by atoms with Gasteiger partial charge < -0.3 is 60.4 Å². The van der Waals surface area contributed by atoms with Crippen LogP contribution in [0.3, 0.4) is 0 Å². The van der Waals surface area contributed by atoms with Crippen molar-refractivity contribution in [1.82, 2.24) is 5.32 Å². The Morgan fingerprint density at radius 3 is 2.46 bits per heavy atom. The van der Waals surface area contributed by atoms with Crippen molar-refractivity contribution in [2.24, 2.45) is 0 Å². The first kappa shape index (κ1) is 28.0. The van der Waals surface area contributed by atoms with Crippen molar-refractivity contribution in [2.75, 3.05) is 6.61 Å². The largest absolute Gasteiger partial charge is 0.543 e. The minimum absolute atomic E-state index is 0.0869. The Kier molecular flexibility index (Phi) is 7.89. The zero-order chi connectivity index (χ0) is 28.6. The highest BCUT2D eigenvalue weighted by molar-refractivity contribution is 5.89. The van der Waals surface area contributed by atoms with Crippen molar-refractivity contribution in [3.8, 4) is 11.5 Å². The fraction of sp³-hybridized carbons (Fsp3) is 0.417. The number of hydrogen-bond acceptors (Lipinski definition) is 12. The van der Waals surface area contributed by atoms with Gasteiger partial charge in [0.15, 0.2) is 17.7 Å². The van der Waals surface area contributed by atoms with Gasteiger partial charge in [-0.2, -0.15) is 4.58 Å². The van der Waals surface area contributed by atoms with Gasteiger partial charge in [-0.25, -0.2) is 9.59 Å². The van der Waals surface area contributed by atoms with E-state index in [9.17, 15) is 55.2 Å². The number of rotatable bonds is 7. The van der Waals surface area contributed by atoms with Crippen LogP contribution in [-0.2, 0) is 25.5 Å². The second kappa shape index (κ2) is 11.0. The molecule has 0 saturated carbocycles. The van der Waals surface area contributed by atoms with Gasteiger partial charge >= 0.3 is 11.9 Å². The third-order valence-electron chi connectivity index (χ3n) is 6.63. The van der Waals surface area contributed by atoms with Crippen molar-refractivity contribution in [3.63, 3.8) is 0 Å². The quantitative estimate of drug-likeness (QED) is 0.152. The Labute approximate surface area is 219 Å². The lowest BCUT2D eigenvalue weighted by atomic mass is 9.99. The highest BCUT2D eigenvalue weighted by atomic mass is 16.7. The van der Waals surface area contributed by atoms with E-state index in [1.165, 1.54) is 35.1 Å². The summed E-state index contributed by atoms with van der Waals surface area (Å²) in [7, 11) is 0. The van der Waals surface area contributed by atoms with Crippen molar-refractivity contribution in [1.29, 1.82) is 0 Å². The lowest BCUT2D eigenvalue weighted by Crippen LogP contribution is -2.60. The molecule has 1 saturated heterocycles. The fourth-order valence-electron chi connectivity index (χ4n) is 4.57. The first-order chi connectivity index (χ1) is 18.4. The first-order valence-corrected chi connectivity index (χ1v) is 11.7. The molecule has 0 aromatic heterocycles. The smallest absolute Gasteiger partial charge is 0.351 e.